The van der Waals surface area contributed by atoms with Crippen LogP contribution in [0.1, 0.15) is 37.2 Å². The van der Waals surface area contributed by atoms with Crippen LogP contribution < -0.4 is 5.43 Å². The zero-order chi connectivity index (χ0) is 13.8. The third-order valence-corrected chi connectivity index (χ3v) is 4.87. The Morgan fingerprint density at radius 2 is 1.55 bits per heavy atom. The average Bonchev–Trinajstić information content (AvgIpc) is 2.51. The maximum Gasteiger partial charge on any atom is 0.0259 e. The summed E-state index contributed by atoms with van der Waals surface area (Å²) in [6, 6.07) is 11.7. The normalized spacial score (nSPS) is 29.4. The number of hydrogen-bond donors (Lipinski definition) is 1. The van der Waals surface area contributed by atoms with Gasteiger partial charge in [-0.05, 0) is 44.2 Å². The molecule has 1 saturated heterocycles. The van der Waals surface area contributed by atoms with Gasteiger partial charge in [-0.25, -0.2) is 5.01 Å². The molecule has 2 fully saturated rings. The highest BCUT2D eigenvalue weighted by molar-refractivity contribution is 5.20. The van der Waals surface area contributed by atoms with Crippen molar-refractivity contribution < 1.29 is 0 Å². The maximum atomic E-state index is 3.76. The monoisotopic (exact) mass is 273 g/mol. The first-order valence-corrected chi connectivity index (χ1v) is 8.06. The van der Waals surface area contributed by atoms with Gasteiger partial charge in [0.1, 0.15) is 0 Å². The number of hydrogen-bond acceptors (Lipinski definition) is 3. The molecule has 20 heavy (non-hydrogen) atoms. The van der Waals surface area contributed by atoms with Gasteiger partial charge in [0.05, 0.1) is 0 Å². The Morgan fingerprint density at radius 1 is 0.900 bits per heavy atom. The largest absolute Gasteiger partial charge is 0.304 e. The van der Waals surface area contributed by atoms with E-state index >= 15 is 0 Å². The summed E-state index contributed by atoms with van der Waals surface area (Å²) in [5.74, 6) is 0.779. The van der Waals surface area contributed by atoms with Crippen molar-refractivity contribution in [1.29, 1.82) is 0 Å². The van der Waals surface area contributed by atoms with Crippen LogP contribution in [0.5, 0.6) is 0 Å². The molecule has 0 aromatic heterocycles. The molecule has 0 spiro atoms. The Hall–Kier alpha value is -0.900. The highest BCUT2D eigenvalue weighted by atomic mass is 15.5. The first-order chi connectivity index (χ1) is 9.81. The number of hydrazine groups is 1. The lowest BCUT2D eigenvalue weighted by molar-refractivity contribution is 0.0766. The maximum absolute atomic E-state index is 3.76. The van der Waals surface area contributed by atoms with E-state index < -0.39 is 0 Å². The quantitative estimate of drug-likeness (QED) is 0.912. The highest BCUT2D eigenvalue weighted by Gasteiger charge is 2.24. The SMILES string of the molecule is CN1CCN(NC2CCC(c3ccccc3)CC2)CC1. The number of nitrogens with one attached hydrogen (secondary N) is 1. The molecule has 0 amide bonds. The molecule has 0 atom stereocenters. The smallest absolute Gasteiger partial charge is 0.0259 e. The molecule has 3 heteroatoms. The van der Waals surface area contributed by atoms with Gasteiger partial charge >= 0.3 is 0 Å². The van der Waals surface area contributed by atoms with Crippen LogP contribution in [-0.4, -0.2) is 49.2 Å². The summed E-state index contributed by atoms with van der Waals surface area (Å²) in [5, 5.41) is 2.44. The standard InChI is InChI=1S/C17H27N3/c1-19-11-13-20(14-12-19)18-17-9-7-16(8-10-17)15-5-3-2-4-6-15/h2-6,16-18H,7-14H2,1H3. The average molecular weight is 273 g/mol. The van der Waals surface area contributed by atoms with Gasteiger partial charge in [0, 0.05) is 32.2 Å². The Labute approximate surface area is 122 Å². The molecule has 2 aliphatic rings. The molecular formula is C17H27N3. The van der Waals surface area contributed by atoms with E-state index in [0.717, 1.165) is 19.0 Å². The second kappa shape index (κ2) is 6.70. The fraction of sp³-hybridized carbons (Fsp3) is 0.647. The zero-order valence-corrected chi connectivity index (χ0v) is 12.6. The Balaban J connectivity index is 1.44. The van der Waals surface area contributed by atoms with E-state index in [1.165, 1.54) is 44.3 Å². The van der Waals surface area contributed by atoms with Crippen molar-refractivity contribution >= 4 is 0 Å². The zero-order valence-electron chi connectivity index (χ0n) is 12.6. The molecule has 1 saturated carbocycles. The van der Waals surface area contributed by atoms with Crippen LogP contribution >= 0.6 is 0 Å². The molecule has 3 nitrogen and oxygen atoms in total. The van der Waals surface area contributed by atoms with Gasteiger partial charge in [-0.3, -0.25) is 5.43 Å². The molecular weight excluding hydrogens is 246 g/mol. The van der Waals surface area contributed by atoms with Gasteiger partial charge in [0.2, 0.25) is 0 Å². The topological polar surface area (TPSA) is 18.5 Å². The fourth-order valence-electron chi connectivity index (χ4n) is 3.47. The van der Waals surface area contributed by atoms with E-state index in [2.05, 4.69) is 52.7 Å². The second-order valence-corrected chi connectivity index (χ2v) is 6.38. The number of rotatable bonds is 3. The summed E-state index contributed by atoms with van der Waals surface area (Å²) in [6.07, 6.45) is 5.28. The van der Waals surface area contributed by atoms with Crippen LogP contribution in [0.15, 0.2) is 30.3 Å². The summed E-state index contributed by atoms with van der Waals surface area (Å²) in [6.45, 7) is 4.70. The predicted octanol–water partition coefficient (Wildman–Crippen LogP) is 2.46. The van der Waals surface area contributed by atoms with Crippen molar-refractivity contribution in [3.63, 3.8) is 0 Å². The van der Waals surface area contributed by atoms with Crippen LogP contribution in [-0.2, 0) is 0 Å². The van der Waals surface area contributed by atoms with E-state index in [-0.39, 0.29) is 0 Å². The lowest BCUT2D eigenvalue weighted by Gasteiger charge is -2.37. The van der Waals surface area contributed by atoms with Gasteiger partial charge < -0.3 is 4.90 Å². The van der Waals surface area contributed by atoms with Crippen molar-refractivity contribution in [2.45, 2.75) is 37.6 Å². The molecule has 0 unspecified atom stereocenters. The minimum atomic E-state index is 0.693. The molecule has 0 bridgehead atoms. The molecule has 0 radical (unpaired) electrons. The molecule has 1 aliphatic carbocycles. The summed E-state index contributed by atoms with van der Waals surface area (Å²) in [7, 11) is 2.21. The molecule has 110 valence electrons. The van der Waals surface area contributed by atoms with Gasteiger partial charge in [0.25, 0.3) is 0 Å². The van der Waals surface area contributed by atoms with Crippen LogP contribution in [0.2, 0.25) is 0 Å². The predicted molar refractivity (Wildman–Crippen MR) is 83.6 cm³/mol. The van der Waals surface area contributed by atoms with Crippen molar-refractivity contribution in [2.75, 3.05) is 33.2 Å². The van der Waals surface area contributed by atoms with Crippen LogP contribution in [0, 0.1) is 0 Å². The van der Waals surface area contributed by atoms with Crippen LogP contribution in [0.4, 0.5) is 0 Å². The number of nitrogens with zero attached hydrogens (tertiary/aromatic N) is 2. The van der Waals surface area contributed by atoms with Gasteiger partial charge in [0.15, 0.2) is 0 Å². The first kappa shape index (κ1) is 14.1. The Bertz CT molecular complexity index is 390. The van der Waals surface area contributed by atoms with E-state index in [1.54, 1.807) is 0 Å². The number of piperazine rings is 1. The Kier molecular flexibility index (Phi) is 4.71. The van der Waals surface area contributed by atoms with Crippen LogP contribution in [0.3, 0.4) is 0 Å². The lowest BCUT2D eigenvalue weighted by Crippen LogP contribution is -2.54. The van der Waals surface area contributed by atoms with E-state index in [4.69, 9.17) is 0 Å². The van der Waals surface area contributed by atoms with Gasteiger partial charge in [-0.15, -0.1) is 0 Å². The van der Waals surface area contributed by atoms with E-state index in [1.807, 2.05) is 0 Å². The summed E-state index contributed by atoms with van der Waals surface area (Å²) < 4.78 is 0. The fourth-order valence-corrected chi connectivity index (χ4v) is 3.47. The molecule has 3 rings (SSSR count). The third-order valence-electron chi connectivity index (χ3n) is 4.87. The minimum absolute atomic E-state index is 0.693. The van der Waals surface area contributed by atoms with Gasteiger partial charge in [-0.1, -0.05) is 30.3 Å². The summed E-state index contributed by atoms with van der Waals surface area (Å²) in [5.41, 5.74) is 5.29. The first-order valence-electron chi connectivity index (χ1n) is 8.06. The Morgan fingerprint density at radius 3 is 2.20 bits per heavy atom. The van der Waals surface area contributed by atoms with Crippen molar-refractivity contribution in [2.24, 2.45) is 0 Å². The molecule has 1 N–H and O–H groups in total. The van der Waals surface area contributed by atoms with Crippen molar-refractivity contribution in [1.82, 2.24) is 15.3 Å². The highest BCUT2D eigenvalue weighted by Crippen LogP contribution is 2.32. The molecule has 1 aliphatic heterocycles. The molecule has 1 aromatic carbocycles. The third kappa shape index (κ3) is 3.60. The van der Waals surface area contributed by atoms with Crippen LogP contribution in [0.25, 0.3) is 0 Å². The van der Waals surface area contributed by atoms with E-state index in [0.29, 0.717) is 6.04 Å². The second-order valence-electron chi connectivity index (χ2n) is 6.38. The summed E-state index contributed by atoms with van der Waals surface area (Å²) in [4.78, 5) is 2.41. The molecule has 1 aromatic rings. The number of benzene rings is 1. The summed E-state index contributed by atoms with van der Waals surface area (Å²) >= 11 is 0. The number of likely N-dealkylation sites (N-methyl/N-ethyl adjacent to an activating group) is 1. The molecule has 1 heterocycles. The minimum Gasteiger partial charge on any atom is -0.304 e. The van der Waals surface area contributed by atoms with Gasteiger partial charge in [-0.2, -0.15) is 0 Å². The van der Waals surface area contributed by atoms with E-state index in [9.17, 15) is 0 Å². The van der Waals surface area contributed by atoms with Crippen molar-refractivity contribution in [3.05, 3.63) is 35.9 Å². The lowest BCUT2D eigenvalue weighted by atomic mass is 9.82. The van der Waals surface area contributed by atoms with Crippen molar-refractivity contribution in [3.8, 4) is 0 Å².